The first kappa shape index (κ1) is 16.5. The molecular formula is C17H25ClN2O. The maximum absolute atomic E-state index is 12.3. The fraction of sp³-hybridized carbons (Fsp3) is 0.588. The van der Waals surface area contributed by atoms with Crippen LogP contribution in [0.4, 0.5) is 0 Å². The van der Waals surface area contributed by atoms with Gasteiger partial charge in [0.05, 0.1) is 5.92 Å². The number of hydrogen-bond acceptors (Lipinski definition) is 3. The van der Waals surface area contributed by atoms with Gasteiger partial charge in [-0.1, -0.05) is 30.7 Å². The molecule has 0 N–H and O–H groups in total. The molecule has 0 radical (unpaired) electrons. The van der Waals surface area contributed by atoms with Crippen LogP contribution in [0.15, 0.2) is 24.3 Å². The van der Waals surface area contributed by atoms with Crippen molar-refractivity contribution >= 4 is 17.4 Å². The van der Waals surface area contributed by atoms with Crippen molar-refractivity contribution in [3.05, 3.63) is 34.9 Å². The summed E-state index contributed by atoms with van der Waals surface area (Å²) in [7, 11) is 4.25. The van der Waals surface area contributed by atoms with E-state index in [2.05, 4.69) is 23.9 Å². The second-order valence-corrected chi connectivity index (χ2v) is 6.53. The number of nitrogens with zero attached hydrogens (tertiary/aromatic N) is 2. The minimum atomic E-state index is -0.0341. The van der Waals surface area contributed by atoms with Gasteiger partial charge in [-0.2, -0.15) is 0 Å². The van der Waals surface area contributed by atoms with Gasteiger partial charge < -0.3 is 9.80 Å². The molecule has 1 heterocycles. The molecule has 4 heteroatoms. The second-order valence-electron chi connectivity index (χ2n) is 6.09. The standard InChI is InChI=1S/C17H25ClN2O/c1-4-17(21)16(13-5-7-14(18)8-6-13)12-20-10-9-15(11-20)19(2)3/h5-8,15-16H,4,9-12H2,1-3H3/t15-,16-/m0/s1. The molecule has 0 amide bonds. The fourth-order valence-electron chi connectivity index (χ4n) is 2.99. The average Bonchev–Trinajstić information content (AvgIpc) is 2.94. The number of likely N-dealkylation sites (N-methyl/N-ethyl adjacent to an activating group) is 1. The summed E-state index contributed by atoms with van der Waals surface area (Å²) in [5.74, 6) is 0.277. The van der Waals surface area contributed by atoms with Crippen LogP contribution in [0.5, 0.6) is 0 Å². The molecule has 2 rings (SSSR count). The number of Topliss-reactive ketones (excluding diaryl/α,β-unsaturated/α-hetero) is 1. The Balaban J connectivity index is 2.07. The van der Waals surface area contributed by atoms with E-state index in [0.29, 0.717) is 18.2 Å². The van der Waals surface area contributed by atoms with Gasteiger partial charge in [0, 0.05) is 30.6 Å². The molecule has 0 aromatic heterocycles. The van der Waals surface area contributed by atoms with Gasteiger partial charge >= 0.3 is 0 Å². The van der Waals surface area contributed by atoms with Crippen LogP contribution in [-0.2, 0) is 4.79 Å². The summed E-state index contributed by atoms with van der Waals surface area (Å²) in [4.78, 5) is 17.0. The molecule has 1 aromatic rings. The lowest BCUT2D eigenvalue weighted by Crippen LogP contribution is -2.34. The maximum Gasteiger partial charge on any atom is 0.141 e. The highest BCUT2D eigenvalue weighted by Gasteiger charge is 2.28. The van der Waals surface area contributed by atoms with Crippen molar-refractivity contribution in [1.82, 2.24) is 9.80 Å². The highest BCUT2D eigenvalue weighted by Crippen LogP contribution is 2.24. The summed E-state index contributed by atoms with van der Waals surface area (Å²) >= 11 is 5.95. The van der Waals surface area contributed by atoms with Gasteiger partial charge in [-0.05, 0) is 44.8 Å². The SMILES string of the molecule is CCC(=O)[C@@H](CN1CC[C@H](N(C)C)C1)c1ccc(Cl)cc1. The Morgan fingerprint density at radius 3 is 2.57 bits per heavy atom. The predicted octanol–water partition coefficient (Wildman–Crippen LogP) is 3.04. The lowest BCUT2D eigenvalue weighted by Gasteiger charge is -2.24. The number of ketones is 1. The molecular weight excluding hydrogens is 284 g/mol. The Kier molecular flexibility index (Phi) is 5.80. The van der Waals surface area contributed by atoms with E-state index in [0.717, 1.165) is 30.2 Å². The zero-order valence-electron chi connectivity index (χ0n) is 13.2. The van der Waals surface area contributed by atoms with Gasteiger partial charge in [-0.3, -0.25) is 4.79 Å². The molecule has 0 bridgehead atoms. The normalized spacial score (nSPS) is 20.9. The number of hydrogen-bond donors (Lipinski definition) is 0. The highest BCUT2D eigenvalue weighted by molar-refractivity contribution is 6.30. The quantitative estimate of drug-likeness (QED) is 0.807. The van der Waals surface area contributed by atoms with E-state index in [4.69, 9.17) is 11.6 Å². The first-order chi connectivity index (χ1) is 10.0. The van der Waals surface area contributed by atoms with Crippen LogP contribution in [0, 0.1) is 0 Å². The van der Waals surface area contributed by atoms with E-state index < -0.39 is 0 Å². The van der Waals surface area contributed by atoms with Crippen LogP contribution in [-0.4, -0.2) is 55.4 Å². The lowest BCUT2D eigenvalue weighted by atomic mass is 9.93. The van der Waals surface area contributed by atoms with Crippen molar-refractivity contribution < 1.29 is 4.79 Å². The Labute approximate surface area is 132 Å². The highest BCUT2D eigenvalue weighted by atomic mass is 35.5. The molecule has 1 fully saturated rings. The maximum atomic E-state index is 12.3. The number of rotatable bonds is 6. The van der Waals surface area contributed by atoms with Gasteiger partial charge in [0.1, 0.15) is 5.78 Å². The average molecular weight is 309 g/mol. The molecule has 1 aliphatic heterocycles. The molecule has 0 unspecified atom stereocenters. The van der Waals surface area contributed by atoms with Crippen LogP contribution >= 0.6 is 11.6 Å². The topological polar surface area (TPSA) is 23.6 Å². The molecule has 3 nitrogen and oxygen atoms in total. The Morgan fingerprint density at radius 1 is 1.38 bits per heavy atom. The van der Waals surface area contributed by atoms with Gasteiger partial charge in [0.15, 0.2) is 0 Å². The largest absolute Gasteiger partial charge is 0.305 e. The van der Waals surface area contributed by atoms with E-state index in [1.807, 2.05) is 31.2 Å². The number of carbonyl (C=O) groups excluding carboxylic acids is 1. The summed E-state index contributed by atoms with van der Waals surface area (Å²) in [5, 5.41) is 0.718. The molecule has 1 aliphatic rings. The third-order valence-corrected chi connectivity index (χ3v) is 4.68. The molecule has 0 spiro atoms. The first-order valence-electron chi connectivity index (χ1n) is 7.68. The predicted molar refractivity (Wildman–Crippen MR) is 88.0 cm³/mol. The lowest BCUT2D eigenvalue weighted by molar-refractivity contribution is -0.120. The third-order valence-electron chi connectivity index (χ3n) is 4.43. The minimum absolute atomic E-state index is 0.0341. The van der Waals surface area contributed by atoms with Crippen molar-refractivity contribution in [2.45, 2.75) is 31.7 Å². The van der Waals surface area contributed by atoms with Crippen LogP contribution < -0.4 is 0 Å². The monoisotopic (exact) mass is 308 g/mol. The Bertz CT molecular complexity index is 472. The van der Waals surface area contributed by atoms with Crippen molar-refractivity contribution in [2.24, 2.45) is 0 Å². The van der Waals surface area contributed by atoms with E-state index in [1.54, 1.807) is 0 Å². The van der Waals surface area contributed by atoms with Gasteiger partial charge in [-0.25, -0.2) is 0 Å². The van der Waals surface area contributed by atoms with E-state index in [1.165, 1.54) is 6.42 Å². The first-order valence-corrected chi connectivity index (χ1v) is 8.06. The summed E-state index contributed by atoms with van der Waals surface area (Å²) in [6.45, 7) is 4.88. The Hall–Kier alpha value is -0.900. The van der Waals surface area contributed by atoms with Crippen LogP contribution in [0.2, 0.25) is 5.02 Å². The summed E-state index contributed by atoms with van der Waals surface area (Å²) < 4.78 is 0. The van der Waals surface area contributed by atoms with E-state index >= 15 is 0 Å². The number of likely N-dealkylation sites (tertiary alicyclic amines) is 1. The molecule has 116 valence electrons. The number of benzene rings is 1. The summed E-state index contributed by atoms with van der Waals surface area (Å²) in [6, 6.07) is 8.33. The molecule has 21 heavy (non-hydrogen) atoms. The zero-order valence-corrected chi connectivity index (χ0v) is 13.9. The van der Waals surface area contributed by atoms with Gasteiger partial charge in [-0.15, -0.1) is 0 Å². The number of halogens is 1. The molecule has 1 aromatic carbocycles. The van der Waals surface area contributed by atoms with Crippen LogP contribution in [0.3, 0.4) is 0 Å². The molecule has 2 atom stereocenters. The minimum Gasteiger partial charge on any atom is -0.305 e. The fourth-order valence-corrected chi connectivity index (χ4v) is 3.12. The second kappa shape index (κ2) is 7.39. The molecule has 1 saturated heterocycles. The smallest absolute Gasteiger partial charge is 0.141 e. The number of carbonyl (C=O) groups is 1. The molecule has 0 aliphatic carbocycles. The van der Waals surface area contributed by atoms with Gasteiger partial charge in [0.2, 0.25) is 0 Å². The van der Waals surface area contributed by atoms with Crippen molar-refractivity contribution in [3.8, 4) is 0 Å². The summed E-state index contributed by atoms with van der Waals surface area (Å²) in [5.41, 5.74) is 1.08. The summed E-state index contributed by atoms with van der Waals surface area (Å²) in [6.07, 6.45) is 1.76. The van der Waals surface area contributed by atoms with Crippen LogP contribution in [0.25, 0.3) is 0 Å². The van der Waals surface area contributed by atoms with Crippen molar-refractivity contribution in [2.75, 3.05) is 33.7 Å². The van der Waals surface area contributed by atoms with E-state index in [9.17, 15) is 4.79 Å². The zero-order chi connectivity index (χ0) is 15.4. The Morgan fingerprint density at radius 2 is 2.05 bits per heavy atom. The molecule has 0 saturated carbocycles. The third kappa shape index (κ3) is 4.29. The van der Waals surface area contributed by atoms with Crippen molar-refractivity contribution in [1.29, 1.82) is 0 Å². The van der Waals surface area contributed by atoms with Crippen molar-refractivity contribution in [3.63, 3.8) is 0 Å². The van der Waals surface area contributed by atoms with E-state index in [-0.39, 0.29) is 5.92 Å². The van der Waals surface area contributed by atoms with Gasteiger partial charge in [0.25, 0.3) is 0 Å². The van der Waals surface area contributed by atoms with Crippen LogP contribution in [0.1, 0.15) is 31.2 Å².